The van der Waals surface area contributed by atoms with Gasteiger partial charge in [0.2, 0.25) is 10.0 Å². The summed E-state index contributed by atoms with van der Waals surface area (Å²) in [6.45, 7) is 0.278. The van der Waals surface area contributed by atoms with Crippen molar-refractivity contribution in [3.05, 3.63) is 18.0 Å². The van der Waals surface area contributed by atoms with Crippen LogP contribution in [-0.2, 0) is 16.6 Å². The van der Waals surface area contributed by atoms with E-state index in [-0.39, 0.29) is 16.2 Å². The van der Waals surface area contributed by atoms with Crippen LogP contribution in [0, 0.1) is 0 Å². The Balaban J connectivity index is 2.04. The van der Waals surface area contributed by atoms with Crippen molar-refractivity contribution in [1.82, 2.24) is 9.71 Å². The zero-order chi connectivity index (χ0) is 14.6. The average Bonchev–Trinajstić information content (AvgIpc) is 2.96. The molecule has 0 bridgehead atoms. The second-order valence-electron chi connectivity index (χ2n) is 5.29. The minimum Gasteiger partial charge on any atom is -0.390 e. The van der Waals surface area contributed by atoms with Crippen molar-refractivity contribution in [1.29, 1.82) is 0 Å². The van der Waals surface area contributed by atoms with Crippen LogP contribution in [-0.4, -0.2) is 36.1 Å². The largest absolute Gasteiger partial charge is 0.390 e. The first-order valence-corrected chi connectivity index (χ1v) is 9.55. The quantitative estimate of drug-likeness (QED) is 0.747. The molecule has 0 unspecified atom stereocenters. The number of H-pyrrole nitrogens is 1. The first-order chi connectivity index (χ1) is 9.51. The maximum Gasteiger partial charge on any atom is 0.242 e. The topological polar surface area (TPSA) is 82.2 Å². The van der Waals surface area contributed by atoms with Gasteiger partial charge in [0, 0.05) is 23.2 Å². The third-order valence-corrected chi connectivity index (χ3v) is 6.78. The van der Waals surface area contributed by atoms with Gasteiger partial charge in [0.25, 0.3) is 0 Å². The van der Waals surface area contributed by atoms with Crippen molar-refractivity contribution in [3.8, 4) is 0 Å². The van der Waals surface area contributed by atoms with Gasteiger partial charge in [-0.25, -0.2) is 13.1 Å². The smallest absolute Gasteiger partial charge is 0.242 e. The molecule has 114 valence electrons. The molecule has 0 aromatic carbocycles. The van der Waals surface area contributed by atoms with Gasteiger partial charge >= 0.3 is 0 Å². The summed E-state index contributed by atoms with van der Waals surface area (Å²) < 4.78 is 27.2. The molecule has 1 heterocycles. The molecule has 1 aromatic heterocycles. The molecule has 0 atom stereocenters. The zero-order valence-corrected chi connectivity index (χ0v) is 13.3. The first kappa shape index (κ1) is 15.9. The van der Waals surface area contributed by atoms with E-state index >= 15 is 0 Å². The second-order valence-corrected chi connectivity index (χ2v) is 8.33. The monoisotopic (exact) mass is 318 g/mol. The predicted molar refractivity (Wildman–Crippen MR) is 81.2 cm³/mol. The Kier molecular flexibility index (Phi) is 5.17. The summed E-state index contributed by atoms with van der Waals surface area (Å²) in [4.78, 5) is 2.94. The molecule has 0 radical (unpaired) electrons. The SMILES string of the molecule is CSC1(CNS(=O)(=O)c2c[nH]c(CO)c2)CCCCC1. The molecule has 1 aliphatic rings. The normalized spacial score (nSPS) is 19.1. The molecule has 0 spiro atoms. The van der Waals surface area contributed by atoms with Crippen LogP contribution >= 0.6 is 11.8 Å². The van der Waals surface area contributed by atoms with Crippen LogP contribution in [0.15, 0.2) is 17.2 Å². The van der Waals surface area contributed by atoms with Crippen LogP contribution < -0.4 is 4.72 Å². The summed E-state index contributed by atoms with van der Waals surface area (Å²) >= 11 is 1.76. The third-order valence-electron chi connectivity index (χ3n) is 3.98. The molecule has 0 amide bonds. The molecule has 0 aliphatic heterocycles. The minimum atomic E-state index is -3.50. The molecule has 1 aromatic rings. The fourth-order valence-corrected chi connectivity index (χ4v) is 4.77. The number of rotatable bonds is 6. The molecule has 5 nitrogen and oxygen atoms in total. The predicted octanol–water partition coefficient (Wildman–Crippen LogP) is 1.85. The van der Waals surface area contributed by atoms with Gasteiger partial charge in [0.15, 0.2) is 0 Å². The lowest BCUT2D eigenvalue weighted by atomic mass is 9.88. The molecule has 0 saturated heterocycles. The fraction of sp³-hybridized carbons (Fsp3) is 0.692. The molecule has 20 heavy (non-hydrogen) atoms. The van der Waals surface area contributed by atoms with E-state index < -0.39 is 10.0 Å². The fourth-order valence-electron chi connectivity index (χ4n) is 2.62. The standard InChI is InChI=1S/C13H22N2O3S2/c1-19-13(5-3-2-4-6-13)10-15-20(17,18)12-7-11(9-16)14-8-12/h7-8,14-16H,2-6,9-10H2,1H3. The van der Waals surface area contributed by atoms with Gasteiger partial charge in [-0.2, -0.15) is 11.8 Å². The van der Waals surface area contributed by atoms with Gasteiger partial charge in [0.1, 0.15) is 0 Å². The summed E-state index contributed by atoms with van der Waals surface area (Å²) in [6, 6.07) is 1.47. The van der Waals surface area contributed by atoms with E-state index in [9.17, 15) is 8.42 Å². The third kappa shape index (κ3) is 3.58. The Labute approximate surface area is 124 Å². The number of hydrogen-bond donors (Lipinski definition) is 3. The molecule has 1 saturated carbocycles. The zero-order valence-electron chi connectivity index (χ0n) is 11.7. The van der Waals surface area contributed by atoms with E-state index in [1.165, 1.54) is 31.5 Å². The highest BCUT2D eigenvalue weighted by Gasteiger charge is 2.32. The number of thioether (sulfide) groups is 1. The summed E-state index contributed by atoms with van der Waals surface area (Å²) in [5.41, 5.74) is 0.502. The number of aromatic amines is 1. The van der Waals surface area contributed by atoms with Gasteiger partial charge in [-0.05, 0) is 25.2 Å². The Morgan fingerprint density at radius 3 is 2.65 bits per heavy atom. The van der Waals surface area contributed by atoms with Crippen molar-refractivity contribution in [2.45, 2.75) is 48.4 Å². The van der Waals surface area contributed by atoms with E-state index in [0.29, 0.717) is 12.2 Å². The summed E-state index contributed by atoms with van der Waals surface area (Å²) in [5.74, 6) is 0. The van der Waals surface area contributed by atoms with E-state index in [4.69, 9.17) is 5.11 Å². The lowest BCUT2D eigenvalue weighted by Gasteiger charge is -2.35. The molecule has 1 fully saturated rings. The van der Waals surface area contributed by atoms with Crippen molar-refractivity contribution in [3.63, 3.8) is 0 Å². The van der Waals surface area contributed by atoms with Gasteiger partial charge in [0.05, 0.1) is 11.5 Å². The van der Waals surface area contributed by atoms with E-state index in [1.807, 2.05) is 0 Å². The molecule has 1 aliphatic carbocycles. The number of aliphatic hydroxyl groups is 1. The van der Waals surface area contributed by atoms with Crippen LogP contribution in [0.3, 0.4) is 0 Å². The van der Waals surface area contributed by atoms with E-state index in [2.05, 4.69) is 16.0 Å². The van der Waals surface area contributed by atoms with Gasteiger partial charge < -0.3 is 10.1 Å². The molecular formula is C13H22N2O3S2. The highest BCUT2D eigenvalue weighted by Crippen LogP contribution is 2.38. The Morgan fingerprint density at radius 2 is 2.10 bits per heavy atom. The van der Waals surface area contributed by atoms with E-state index in [1.54, 1.807) is 11.8 Å². The maximum absolute atomic E-state index is 12.2. The number of nitrogens with one attached hydrogen (secondary N) is 2. The average molecular weight is 318 g/mol. The van der Waals surface area contributed by atoms with Crippen LogP contribution in [0.1, 0.15) is 37.8 Å². The van der Waals surface area contributed by atoms with Crippen LogP contribution in [0.5, 0.6) is 0 Å². The molecular weight excluding hydrogens is 296 g/mol. The highest BCUT2D eigenvalue weighted by molar-refractivity contribution is 8.00. The maximum atomic E-state index is 12.2. The number of hydrogen-bond acceptors (Lipinski definition) is 4. The minimum absolute atomic E-state index is 0.0292. The van der Waals surface area contributed by atoms with Crippen molar-refractivity contribution in [2.24, 2.45) is 0 Å². The van der Waals surface area contributed by atoms with Gasteiger partial charge in [-0.15, -0.1) is 0 Å². The van der Waals surface area contributed by atoms with Gasteiger partial charge in [-0.3, -0.25) is 0 Å². The molecule has 7 heteroatoms. The van der Waals surface area contributed by atoms with E-state index in [0.717, 1.165) is 12.8 Å². The van der Waals surface area contributed by atoms with Crippen molar-refractivity contribution < 1.29 is 13.5 Å². The highest BCUT2D eigenvalue weighted by atomic mass is 32.2. The van der Waals surface area contributed by atoms with Crippen LogP contribution in [0.2, 0.25) is 0 Å². The summed E-state index contributed by atoms with van der Waals surface area (Å²) in [7, 11) is -3.50. The lowest BCUT2D eigenvalue weighted by Crippen LogP contribution is -2.41. The Morgan fingerprint density at radius 1 is 1.40 bits per heavy atom. The Bertz CT molecular complexity index is 534. The van der Waals surface area contributed by atoms with Gasteiger partial charge in [-0.1, -0.05) is 19.3 Å². The number of aliphatic hydroxyl groups excluding tert-OH is 1. The number of aromatic nitrogens is 1. The summed E-state index contributed by atoms with van der Waals surface area (Å²) in [6.07, 6.45) is 9.17. The molecule has 3 N–H and O–H groups in total. The first-order valence-electron chi connectivity index (χ1n) is 6.84. The second kappa shape index (κ2) is 6.51. The van der Waals surface area contributed by atoms with Crippen LogP contribution in [0.25, 0.3) is 0 Å². The number of sulfonamides is 1. The lowest BCUT2D eigenvalue weighted by molar-refractivity contribution is 0.277. The van der Waals surface area contributed by atoms with Crippen LogP contribution in [0.4, 0.5) is 0 Å². The van der Waals surface area contributed by atoms with Crippen molar-refractivity contribution >= 4 is 21.8 Å². The van der Waals surface area contributed by atoms with Crippen molar-refractivity contribution in [2.75, 3.05) is 12.8 Å². The Hall–Kier alpha value is -0.500. The molecule has 2 rings (SSSR count). The summed E-state index contributed by atoms with van der Waals surface area (Å²) in [5, 5.41) is 8.98.